The highest BCUT2D eigenvalue weighted by Crippen LogP contribution is 2.47. The molecular formula is C48H33ClNO5S-. The van der Waals surface area contributed by atoms with Crippen molar-refractivity contribution in [1.29, 1.82) is 0 Å². The molecule has 0 aliphatic heterocycles. The number of rotatable bonds is 13. The van der Waals surface area contributed by atoms with Gasteiger partial charge in [-0.25, -0.2) is 0 Å². The molecule has 0 saturated carbocycles. The van der Waals surface area contributed by atoms with Gasteiger partial charge in [0.15, 0.2) is 17.2 Å². The van der Waals surface area contributed by atoms with Crippen molar-refractivity contribution in [2.24, 2.45) is 0 Å². The minimum atomic E-state index is -1.32. The first-order valence-electron chi connectivity index (χ1n) is 17.9. The second kappa shape index (κ2) is 16.8. The fraction of sp³-hybridized carbons (Fsp3) is 0.0417. The molecule has 0 bridgehead atoms. The standard InChI is InChI=1S/C48H34ClNO5S/c49-39-19-21-40(22-20-39)55-47-42-27-43(53-30-32-11-15-36(16-12-32)34-7-3-1-4-8-34)44(54-31-33-13-17-37(18-14-33)35-9-5-2-6-10-35)29-45(42)56-46(47)28-41(48(51)52)38-23-25-50-26-24-38/h1-29H,30-31H2,(H,51,52)/p-1/b41-28+. The van der Waals surface area contributed by atoms with Gasteiger partial charge >= 0.3 is 0 Å². The fourth-order valence-electron chi connectivity index (χ4n) is 6.24. The smallest absolute Gasteiger partial charge is 0.163 e. The summed E-state index contributed by atoms with van der Waals surface area (Å²) in [5.74, 6) is 0.711. The van der Waals surface area contributed by atoms with E-state index in [1.165, 1.54) is 11.3 Å². The van der Waals surface area contributed by atoms with Gasteiger partial charge in [0.05, 0.1) is 10.8 Å². The molecule has 274 valence electrons. The van der Waals surface area contributed by atoms with Crippen LogP contribution in [0, 0.1) is 0 Å². The first kappa shape index (κ1) is 36.3. The molecular weight excluding hydrogens is 738 g/mol. The number of aliphatic carboxylic acids is 1. The Balaban J connectivity index is 1.17. The Labute approximate surface area is 333 Å². The van der Waals surface area contributed by atoms with Crippen LogP contribution in [0.5, 0.6) is 23.0 Å². The van der Waals surface area contributed by atoms with Crippen LogP contribution in [-0.4, -0.2) is 11.0 Å². The summed E-state index contributed by atoms with van der Waals surface area (Å²) in [7, 11) is 0. The van der Waals surface area contributed by atoms with Gasteiger partial charge in [-0.05, 0) is 87.5 Å². The van der Waals surface area contributed by atoms with Gasteiger partial charge in [-0.1, -0.05) is 121 Å². The molecule has 0 fully saturated rings. The van der Waals surface area contributed by atoms with Gasteiger partial charge in [0.1, 0.15) is 19.0 Å². The summed E-state index contributed by atoms with van der Waals surface area (Å²) in [6.45, 7) is 0.579. The van der Waals surface area contributed by atoms with Crippen molar-refractivity contribution in [1.82, 2.24) is 4.98 Å². The maximum atomic E-state index is 12.5. The number of nitrogens with zero attached hydrogens (tertiary/aromatic N) is 1. The van der Waals surface area contributed by atoms with E-state index < -0.39 is 5.97 Å². The highest BCUT2D eigenvalue weighted by molar-refractivity contribution is 7.20. The highest BCUT2D eigenvalue weighted by Gasteiger charge is 2.20. The number of benzene rings is 6. The molecule has 0 spiro atoms. The van der Waals surface area contributed by atoms with E-state index in [-0.39, 0.29) is 12.2 Å². The molecule has 56 heavy (non-hydrogen) atoms. The number of aromatic nitrogens is 1. The lowest BCUT2D eigenvalue weighted by Gasteiger charge is -2.15. The van der Waals surface area contributed by atoms with E-state index in [1.807, 2.05) is 48.5 Å². The van der Waals surface area contributed by atoms with Gasteiger partial charge in [-0.2, -0.15) is 0 Å². The van der Waals surface area contributed by atoms with E-state index in [9.17, 15) is 9.90 Å². The van der Waals surface area contributed by atoms with Crippen LogP contribution in [0.2, 0.25) is 5.02 Å². The largest absolute Gasteiger partial charge is 0.545 e. The van der Waals surface area contributed by atoms with Crippen LogP contribution in [0.3, 0.4) is 0 Å². The molecule has 8 aromatic rings. The van der Waals surface area contributed by atoms with Crippen LogP contribution in [0.4, 0.5) is 0 Å². The molecule has 8 heteroatoms. The van der Waals surface area contributed by atoms with Crippen LogP contribution in [0.1, 0.15) is 21.6 Å². The topological polar surface area (TPSA) is 80.7 Å². The maximum Gasteiger partial charge on any atom is 0.163 e. The van der Waals surface area contributed by atoms with E-state index in [0.29, 0.717) is 45.1 Å². The van der Waals surface area contributed by atoms with Crippen molar-refractivity contribution >= 4 is 50.6 Å². The number of fused-ring (bicyclic) bond motifs is 1. The average Bonchev–Trinajstić information content (AvgIpc) is 3.57. The molecule has 6 aromatic carbocycles. The third-order valence-electron chi connectivity index (χ3n) is 9.17. The van der Waals surface area contributed by atoms with Crippen molar-refractivity contribution in [2.45, 2.75) is 13.2 Å². The molecule has 0 aliphatic rings. The number of carbonyl (C=O) groups is 1. The van der Waals surface area contributed by atoms with Crippen molar-refractivity contribution in [2.75, 3.05) is 0 Å². The minimum Gasteiger partial charge on any atom is -0.545 e. The summed E-state index contributed by atoms with van der Waals surface area (Å²) >= 11 is 7.57. The van der Waals surface area contributed by atoms with E-state index in [4.69, 9.17) is 25.8 Å². The van der Waals surface area contributed by atoms with Crippen LogP contribution in [0.25, 0.3) is 44.0 Å². The van der Waals surface area contributed by atoms with Gasteiger partial charge in [0.25, 0.3) is 0 Å². The highest BCUT2D eigenvalue weighted by atomic mass is 35.5. The van der Waals surface area contributed by atoms with Gasteiger partial charge in [0, 0.05) is 39.1 Å². The van der Waals surface area contributed by atoms with E-state index in [2.05, 4.69) is 77.8 Å². The van der Waals surface area contributed by atoms with Crippen LogP contribution >= 0.6 is 22.9 Å². The number of halogens is 1. The molecule has 2 aromatic heterocycles. The van der Waals surface area contributed by atoms with Gasteiger partial charge in [-0.15, -0.1) is 11.3 Å². The Kier molecular flexibility index (Phi) is 10.9. The number of hydrogen-bond donors (Lipinski definition) is 0. The van der Waals surface area contributed by atoms with Crippen molar-refractivity contribution in [3.8, 4) is 45.3 Å². The number of thiophene rings is 1. The lowest BCUT2D eigenvalue weighted by atomic mass is 10.0. The Bertz CT molecular complexity index is 2610. The van der Waals surface area contributed by atoms with Gasteiger partial charge < -0.3 is 24.1 Å². The Hall–Kier alpha value is -6.67. The zero-order valence-corrected chi connectivity index (χ0v) is 31.5. The lowest BCUT2D eigenvalue weighted by Crippen LogP contribution is -2.23. The normalized spacial score (nSPS) is 11.3. The number of pyridine rings is 1. The summed E-state index contributed by atoms with van der Waals surface area (Å²) in [4.78, 5) is 17.1. The summed E-state index contributed by atoms with van der Waals surface area (Å²) in [6, 6.07) is 51.1. The van der Waals surface area contributed by atoms with Gasteiger partial charge in [-0.3, -0.25) is 4.98 Å². The molecule has 0 unspecified atom stereocenters. The van der Waals surface area contributed by atoms with Crippen molar-refractivity contribution in [3.63, 3.8) is 0 Å². The summed E-state index contributed by atoms with van der Waals surface area (Å²) in [5.41, 5.74) is 6.93. The minimum absolute atomic E-state index is 0.00856. The zero-order chi connectivity index (χ0) is 38.3. The molecule has 0 aliphatic carbocycles. The van der Waals surface area contributed by atoms with Crippen molar-refractivity contribution < 1.29 is 24.1 Å². The van der Waals surface area contributed by atoms with Gasteiger partial charge in [0.2, 0.25) is 0 Å². The van der Waals surface area contributed by atoms with Crippen molar-refractivity contribution in [3.05, 3.63) is 197 Å². The molecule has 0 atom stereocenters. The monoisotopic (exact) mass is 770 g/mol. The third kappa shape index (κ3) is 8.50. The molecule has 8 rings (SSSR count). The number of carboxylic acids is 1. The first-order valence-corrected chi connectivity index (χ1v) is 19.1. The molecule has 6 nitrogen and oxygen atoms in total. The molecule has 2 heterocycles. The Morgan fingerprint density at radius 1 is 0.643 bits per heavy atom. The average molecular weight is 771 g/mol. The Morgan fingerprint density at radius 3 is 1.70 bits per heavy atom. The van der Waals surface area contributed by atoms with Crippen LogP contribution in [0.15, 0.2) is 170 Å². The second-order valence-corrected chi connectivity index (χ2v) is 14.5. The van der Waals surface area contributed by atoms with E-state index in [0.717, 1.165) is 43.5 Å². The SMILES string of the molecule is O=C([O-])/C(=C/c1sc2cc(OCc3ccc(-c4ccccc4)cc3)c(OCc3ccc(-c4ccccc4)cc3)cc2c1Oc1ccc(Cl)cc1)c1ccncc1. The zero-order valence-electron chi connectivity index (χ0n) is 29.9. The number of carbonyl (C=O) groups excluding carboxylic acids is 1. The molecule has 0 amide bonds. The number of hydrogen-bond acceptors (Lipinski definition) is 7. The third-order valence-corrected chi connectivity index (χ3v) is 10.5. The van der Waals surface area contributed by atoms with E-state index >= 15 is 0 Å². The molecule has 0 saturated heterocycles. The Morgan fingerprint density at radius 2 is 1.16 bits per heavy atom. The summed E-state index contributed by atoms with van der Waals surface area (Å²) in [6.07, 6.45) is 4.66. The number of carboxylic acid groups (broad SMARTS) is 1. The lowest BCUT2D eigenvalue weighted by molar-refractivity contribution is -0.295. The van der Waals surface area contributed by atoms with E-state index in [1.54, 1.807) is 54.9 Å². The first-order chi connectivity index (χ1) is 27.5. The predicted octanol–water partition coefficient (Wildman–Crippen LogP) is 11.5. The van der Waals surface area contributed by atoms with Crippen LogP contribution < -0.4 is 19.3 Å². The summed E-state index contributed by atoms with van der Waals surface area (Å²) < 4.78 is 20.4. The molecule has 0 radical (unpaired) electrons. The summed E-state index contributed by atoms with van der Waals surface area (Å²) in [5, 5.41) is 13.8. The fourth-order valence-corrected chi connectivity index (χ4v) is 7.45. The molecule has 0 N–H and O–H groups in total. The maximum absolute atomic E-state index is 12.5. The second-order valence-electron chi connectivity index (χ2n) is 12.9. The predicted molar refractivity (Wildman–Crippen MR) is 223 cm³/mol. The van der Waals surface area contributed by atoms with Crippen LogP contribution in [-0.2, 0) is 18.0 Å². The number of ether oxygens (including phenoxy) is 3. The quantitative estimate of drug-likeness (QED) is 0.109.